The van der Waals surface area contributed by atoms with Crippen molar-refractivity contribution >= 4 is 17.9 Å². The smallest absolute Gasteiger partial charge is 0.306 e. The Morgan fingerprint density at radius 1 is 0.253 bits per heavy atom. The number of ether oxygens (including phenoxy) is 3. The number of rotatable bonds is 63. The van der Waals surface area contributed by atoms with Crippen molar-refractivity contribution in [3.05, 3.63) is 122 Å². The van der Waals surface area contributed by atoms with Crippen LogP contribution in [0, 0.1) is 0 Å². The fourth-order valence-electron chi connectivity index (χ4n) is 9.75. The van der Waals surface area contributed by atoms with E-state index in [1.807, 2.05) is 0 Å². The van der Waals surface area contributed by atoms with E-state index in [0.717, 1.165) is 122 Å². The van der Waals surface area contributed by atoms with Crippen molar-refractivity contribution < 1.29 is 28.6 Å². The Bertz CT molecular complexity index is 1700. The van der Waals surface area contributed by atoms with Crippen LogP contribution < -0.4 is 0 Å². The Morgan fingerprint density at radius 2 is 0.470 bits per heavy atom. The van der Waals surface area contributed by atoms with Crippen molar-refractivity contribution in [1.29, 1.82) is 0 Å². The van der Waals surface area contributed by atoms with E-state index in [2.05, 4.69) is 142 Å². The molecule has 0 N–H and O–H groups in total. The Kier molecular flexibility index (Phi) is 66.7. The third kappa shape index (κ3) is 68.5. The van der Waals surface area contributed by atoms with Gasteiger partial charge in [0.2, 0.25) is 0 Å². The first-order valence-corrected chi connectivity index (χ1v) is 35.0. The van der Waals surface area contributed by atoms with E-state index in [0.29, 0.717) is 19.3 Å². The molecule has 0 amide bonds. The van der Waals surface area contributed by atoms with Gasteiger partial charge in [0.15, 0.2) is 6.10 Å². The summed E-state index contributed by atoms with van der Waals surface area (Å²) in [6.45, 7) is 6.41. The fourth-order valence-corrected chi connectivity index (χ4v) is 9.75. The van der Waals surface area contributed by atoms with Gasteiger partial charge in [0, 0.05) is 19.3 Å². The Hall–Kier alpha value is -4.19. The standard InChI is InChI=1S/C77H130O6/c1-4-7-10-13-16-19-22-25-27-29-31-32-33-34-35-36-37-38-39-40-41-42-43-44-46-47-49-52-55-58-61-64-67-70-76(79)82-73-74(72-81-75(78)69-66-63-60-57-54-51-24-21-18-15-12-9-6-3)83-77(80)71-68-65-62-59-56-53-50-48-45-30-28-26-23-20-17-14-11-8-5-2/h7,9-10,12,16,18-19,21,25-28,31-32,34-35,37-38,51,54,74H,4-6,8,11,13-15,17,20,22-24,29-30,33,36,39-50,52-53,55-73H2,1-3H3/b10-7-,12-9-,19-16-,21-18-,27-25-,28-26-,32-31-,35-34-,38-37-,54-51-. The zero-order valence-electron chi connectivity index (χ0n) is 54.4. The third-order valence-electron chi connectivity index (χ3n) is 14.9. The summed E-state index contributed by atoms with van der Waals surface area (Å²) in [5.41, 5.74) is 0. The van der Waals surface area contributed by atoms with E-state index in [1.54, 1.807) is 0 Å². The van der Waals surface area contributed by atoms with Gasteiger partial charge in [-0.1, -0.05) is 303 Å². The van der Waals surface area contributed by atoms with Crippen LogP contribution in [0.2, 0.25) is 0 Å². The minimum absolute atomic E-state index is 0.0879. The molecule has 0 bridgehead atoms. The lowest BCUT2D eigenvalue weighted by Gasteiger charge is -2.18. The molecule has 6 nitrogen and oxygen atoms in total. The van der Waals surface area contributed by atoms with Gasteiger partial charge in [0.25, 0.3) is 0 Å². The first-order chi connectivity index (χ1) is 41.0. The molecule has 0 aliphatic carbocycles. The molecule has 0 saturated heterocycles. The average molecular weight is 1150 g/mol. The minimum Gasteiger partial charge on any atom is -0.462 e. The molecule has 0 aromatic rings. The van der Waals surface area contributed by atoms with Gasteiger partial charge >= 0.3 is 17.9 Å². The van der Waals surface area contributed by atoms with Crippen LogP contribution in [-0.2, 0) is 28.6 Å². The van der Waals surface area contributed by atoms with Crippen LogP contribution in [-0.4, -0.2) is 37.2 Å². The molecule has 6 heteroatoms. The van der Waals surface area contributed by atoms with Crippen molar-refractivity contribution in [3.8, 4) is 0 Å². The second-order valence-corrected chi connectivity index (χ2v) is 23.0. The summed E-state index contributed by atoms with van der Waals surface area (Å²) in [7, 11) is 0. The maximum absolute atomic E-state index is 12.9. The number of hydrogen-bond donors (Lipinski definition) is 0. The van der Waals surface area contributed by atoms with Crippen molar-refractivity contribution in [3.63, 3.8) is 0 Å². The van der Waals surface area contributed by atoms with Crippen molar-refractivity contribution in [2.45, 2.75) is 335 Å². The van der Waals surface area contributed by atoms with Gasteiger partial charge in [-0.2, -0.15) is 0 Å². The first-order valence-electron chi connectivity index (χ1n) is 35.0. The molecule has 0 saturated carbocycles. The second kappa shape index (κ2) is 70.3. The maximum Gasteiger partial charge on any atom is 0.306 e. The van der Waals surface area contributed by atoms with Gasteiger partial charge in [0.1, 0.15) is 13.2 Å². The minimum atomic E-state index is -0.794. The lowest BCUT2D eigenvalue weighted by Crippen LogP contribution is -2.30. The number of carbonyl (C=O) groups excluding carboxylic acids is 3. The zero-order chi connectivity index (χ0) is 59.9. The summed E-state index contributed by atoms with van der Waals surface area (Å²) in [5.74, 6) is -0.910. The van der Waals surface area contributed by atoms with E-state index in [9.17, 15) is 14.4 Å². The van der Waals surface area contributed by atoms with Gasteiger partial charge in [-0.3, -0.25) is 14.4 Å². The van der Waals surface area contributed by atoms with E-state index < -0.39 is 6.10 Å². The molecule has 0 spiro atoms. The van der Waals surface area contributed by atoms with Gasteiger partial charge in [-0.25, -0.2) is 0 Å². The Labute approximate surface area is 513 Å². The number of allylic oxidation sites excluding steroid dienone is 20. The summed E-state index contributed by atoms with van der Waals surface area (Å²) in [5, 5.41) is 0. The molecule has 0 fully saturated rings. The van der Waals surface area contributed by atoms with E-state index in [4.69, 9.17) is 14.2 Å². The van der Waals surface area contributed by atoms with Crippen LogP contribution in [0.25, 0.3) is 0 Å². The molecule has 0 aliphatic heterocycles. The van der Waals surface area contributed by atoms with E-state index in [-0.39, 0.29) is 31.1 Å². The predicted octanol–water partition coefficient (Wildman–Crippen LogP) is 24.3. The fraction of sp³-hybridized carbons (Fsp3) is 0.701. The summed E-state index contributed by atoms with van der Waals surface area (Å²) in [6, 6.07) is 0. The number of esters is 3. The molecule has 0 radical (unpaired) electrons. The summed E-state index contributed by atoms with van der Waals surface area (Å²) >= 11 is 0. The summed E-state index contributed by atoms with van der Waals surface area (Å²) < 4.78 is 16.9. The SMILES string of the molecule is CC/C=C\C/C=C\C/C=C\C/C=C\C/C=C\C/C=C\CCCCCCCCCCCCCCCCC(=O)OCC(COC(=O)CCCCC/C=C\C/C=C\C/C=C\CC)OC(=O)CCCCCCCCCCC/C=C\CCCCCCCC. The molecule has 1 atom stereocenters. The van der Waals surface area contributed by atoms with Crippen molar-refractivity contribution in [2.75, 3.05) is 13.2 Å². The highest BCUT2D eigenvalue weighted by Crippen LogP contribution is 2.17. The monoisotopic (exact) mass is 1150 g/mol. The van der Waals surface area contributed by atoms with Gasteiger partial charge < -0.3 is 14.2 Å². The number of unbranched alkanes of at least 4 members (excludes halogenated alkanes) is 32. The number of carbonyl (C=O) groups is 3. The van der Waals surface area contributed by atoms with Gasteiger partial charge in [0.05, 0.1) is 0 Å². The lowest BCUT2D eigenvalue weighted by molar-refractivity contribution is -0.167. The summed E-state index contributed by atoms with van der Waals surface area (Å²) in [6.07, 6.45) is 98.0. The molecule has 0 rings (SSSR count). The first kappa shape index (κ1) is 78.8. The highest BCUT2D eigenvalue weighted by molar-refractivity contribution is 5.71. The molecule has 0 heterocycles. The lowest BCUT2D eigenvalue weighted by atomic mass is 10.0. The topological polar surface area (TPSA) is 78.9 Å². The van der Waals surface area contributed by atoms with Crippen molar-refractivity contribution in [2.24, 2.45) is 0 Å². The third-order valence-corrected chi connectivity index (χ3v) is 14.9. The van der Waals surface area contributed by atoms with Crippen molar-refractivity contribution in [1.82, 2.24) is 0 Å². The molecule has 83 heavy (non-hydrogen) atoms. The molecule has 0 aromatic heterocycles. The Morgan fingerprint density at radius 3 is 0.759 bits per heavy atom. The molecule has 0 aromatic carbocycles. The van der Waals surface area contributed by atoms with Gasteiger partial charge in [-0.15, -0.1) is 0 Å². The highest BCUT2D eigenvalue weighted by atomic mass is 16.6. The molecule has 1 unspecified atom stereocenters. The Balaban J connectivity index is 4.23. The number of hydrogen-bond acceptors (Lipinski definition) is 6. The zero-order valence-corrected chi connectivity index (χ0v) is 54.4. The maximum atomic E-state index is 12.9. The van der Waals surface area contributed by atoms with Gasteiger partial charge in [-0.05, 0) is 128 Å². The average Bonchev–Trinajstić information content (AvgIpc) is 3.49. The van der Waals surface area contributed by atoms with E-state index >= 15 is 0 Å². The van der Waals surface area contributed by atoms with Crippen LogP contribution in [0.1, 0.15) is 329 Å². The highest BCUT2D eigenvalue weighted by Gasteiger charge is 2.19. The molecular weight excluding hydrogens is 1020 g/mol. The largest absolute Gasteiger partial charge is 0.462 e. The molecular formula is C77H130O6. The quantitative estimate of drug-likeness (QED) is 0.0261. The van der Waals surface area contributed by atoms with Crippen LogP contribution >= 0.6 is 0 Å². The van der Waals surface area contributed by atoms with Crippen LogP contribution in [0.4, 0.5) is 0 Å². The molecule has 474 valence electrons. The predicted molar refractivity (Wildman–Crippen MR) is 362 cm³/mol. The van der Waals surface area contributed by atoms with Crippen LogP contribution in [0.3, 0.4) is 0 Å². The molecule has 0 aliphatic rings. The van der Waals surface area contributed by atoms with Crippen LogP contribution in [0.15, 0.2) is 122 Å². The van der Waals surface area contributed by atoms with Crippen LogP contribution in [0.5, 0.6) is 0 Å². The second-order valence-electron chi connectivity index (χ2n) is 23.0. The normalized spacial score (nSPS) is 12.9. The summed E-state index contributed by atoms with van der Waals surface area (Å²) in [4.78, 5) is 38.4. The van der Waals surface area contributed by atoms with E-state index in [1.165, 1.54) is 167 Å².